The summed E-state index contributed by atoms with van der Waals surface area (Å²) in [7, 11) is 3.48. The number of benzene rings is 2. The monoisotopic (exact) mass is 377 g/mol. The second kappa shape index (κ2) is 7.46. The molecule has 0 saturated carbocycles. The van der Waals surface area contributed by atoms with Crippen LogP contribution in [0.4, 0.5) is 11.4 Å². The Kier molecular flexibility index (Phi) is 5.38. The molecule has 0 spiro atoms. The van der Waals surface area contributed by atoms with Gasteiger partial charge < -0.3 is 9.64 Å². The Morgan fingerprint density at radius 3 is 2.11 bits per heavy atom. The number of methoxy groups -OCH3 is 1. The number of fused-ring (bicyclic) bond motifs is 1. The van der Waals surface area contributed by atoms with Crippen LogP contribution in [0.15, 0.2) is 48.5 Å². The zero-order chi connectivity index (χ0) is 20.5. The Morgan fingerprint density at radius 1 is 0.929 bits per heavy atom. The molecule has 1 aliphatic rings. The predicted molar refractivity (Wildman–Crippen MR) is 117 cm³/mol. The molecule has 3 heteroatoms. The van der Waals surface area contributed by atoms with Gasteiger partial charge in [0.05, 0.1) is 7.11 Å². The van der Waals surface area contributed by atoms with Crippen LogP contribution in [0.5, 0.6) is 0 Å². The summed E-state index contributed by atoms with van der Waals surface area (Å²) in [6.07, 6.45) is 5.63. The number of ether oxygens (including phenoxy) is 1. The van der Waals surface area contributed by atoms with E-state index in [1.54, 1.807) is 6.08 Å². The summed E-state index contributed by atoms with van der Waals surface area (Å²) in [5.74, 6) is -0.346. The molecule has 0 radical (unpaired) electrons. The minimum Gasteiger partial charge on any atom is -0.466 e. The third-order valence-corrected chi connectivity index (χ3v) is 6.12. The van der Waals surface area contributed by atoms with Crippen LogP contribution in [-0.4, -0.2) is 20.1 Å². The van der Waals surface area contributed by atoms with Crippen LogP contribution in [0.1, 0.15) is 57.2 Å². The maximum atomic E-state index is 11.2. The largest absolute Gasteiger partial charge is 0.466 e. The minimum atomic E-state index is -0.346. The average Bonchev–Trinajstić information content (AvgIpc) is 2.69. The number of anilines is 2. The second-order valence-corrected chi connectivity index (χ2v) is 9.00. The number of carbonyl (C=O) groups excluding carboxylic acids is 1. The van der Waals surface area contributed by atoms with Crippen LogP contribution in [0.25, 0.3) is 6.08 Å². The molecule has 148 valence electrons. The maximum absolute atomic E-state index is 11.2. The fourth-order valence-corrected chi connectivity index (χ4v) is 3.98. The number of carbonyl (C=O) groups is 1. The van der Waals surface area contributed by atoms with Crippen molar-refractivity contribution in [3.63, 3.8) is 0 Å². The quantitative estimate of drug-likeness (QED) is 0.484. The lowest BCUT2D eigenvalue weighted by Gasteiger charge is -2.42. The lowest BCUT2D eigenvalue weighted by atomic mass is 9.63. The van der Waals surface area contributed by atoms with Crippen molar-refractivity contribution in [3.8, 4) is 0 Å². The van der Waals surface area contributed by atoms with E-state index in [0.717, 1.165) is 11.3 Å². The number of nitrogens with zero attached hydrogens (tertiary/aromatic N) is 1. The Balaban J connectivity index is 1.88. The average molecular weight is 378 g/mol. The van der Waals surface area contributed by atoms with Crippen molar-refractivity contribution >= 4 is 23.4 Å². The molecule has 0 N–H and O–H groups in total. The van der Waals surface area contributed by atoms with Crippen LogP contribution < -0.4 is 4.90 Å². The van der Waals surface area contributed by atoms with Gasteiger partial charge >= 0.3 is 5.97 Å². The third kappa shape index (κ3) is 3.99. The van der Waals surface area contributed by atoms with Crippen LogP contribution >= 0.6 is 0 Å². The Morgan fingerprint density at radius 2 is 1.50 bits per heavy atom. The summed E-state index contributed by atoms with van der Waals surface area (Å²) in [5, 5.41) is 0. The Hall–Kier alpha value is -2.55. The van der Waals surface area contributed by atoms with Gasteiger partial charge in [-0.2, -0.15) is 0 Å². The van der Waals surface area contributed by atoms with Gasteiger partial charge in [-0.3, -0.25) is 0 Å². The van der Waals surface area contributed by atoms with Gasteiger partial charge in [-0.05, 0) is 70.7 Å². The van der Waals surface area contributed by atoms with Crippen molar-refractivity contribution in [2.24, 2.45) is 0 Å². The van der Waals surface area contributed by atoms with Gasteiger partial charge in [-0.15, -0.1) is 0 Å². The molecule has 0 aromatic heterocycles. The summed E-state index contributed by atoms with van der Waals surface area (Å²) >= 11 is 0. The van der Waals surface area contributed by atoms with Crippen LogP contribution in [-0.2, 0) is 20.4 Å². The summed E-state index contributed by atoms with van der Waals surface area (Å²) < 4.78 is 4.63. The van der Waals surface area contributed by atoms with Gasteiger partial charge in [0.25, 0.3) is 0 Å². The normalized spacial score (nSPS) is 17.2. The van der Waals surface area contributed by atoms with E-state index >= 15 is 0 Å². The number of esters is 1. The maximum Gasteiger partial charge on any atom is 0.330 e. The number of rotatable bonds is 4. The Bertz CT molecular complexity index is 891. The SMILES string of the molecule is COC(=O)/C=C/c1ccc(N(C)c2ccc3c(c2)C(C)(C)CCC3(C)C)cc1. The first-order valence-corrected chi connectivity index (χ1v) is 9.89. The van der Waals surface area contributed by atoms with Crippen molar-refractivity contribution in [1.29, 1.82) is 0 Å². The summed E-state index contributed by atoms with van der Waals surface area (Å²) in [6.45, 7) is 9.41. The summed E-state index contributed by atoms with van der Waals surface area (Å²) in [4.78, 5) is 13.5. The number of hydrogen-bond acceptors (Lipinski definition) is 3. The van der Waals surface area contributed by atoms with Crippen LogP contribution in [0.3, 0.4) is 0 Å². The smallest absolute Gasteiger partial charge is 0.330 e. The van der Waals surface area contributed by atoms with Gasteiger partial charge in [0.1, 0.15) is 0 Å². The molecule has 3 nitrogen and oxygen atoms in total. The highest BCUT2D eigenvalue weighted by molar-refractivity contribution is 5.87. The molecule has 2 aromatic rings. The molecule has 0 unspecified atom stereocenters. The lowest BCUT2D eigenvalue weighted by molar-refractivity contribution is -0.134. The van der Waals surface area contributed by atoms with E-state index < -0.39 is 0 Å². The van der Waals surface area contributed by atoms with Crippen LogP contribution in [0.2, 0.25) is 0 Å². The van der Waals surface area contributed by atoms with Crippen molar-refractivity contribution in [3.05, 3.63) is 65.2 Å². The van der Waals surface area contributed by atoms with E-state index in [4.69, 9.17) is 0 Å². The van der Waals surface area contributed by atoms with Gasteiger partial charge in [0.15, 0.2) is 0 Å². The fraction of sp³-hybridized carbons (Fsp3) is 0.400. The standard InChI is InChI=1S/C25H31NO2/c1-24(2)15-16-25(3,4)22-17-20(12-13-21(22)24)26(5)19-10-7-18(8-11-19)9-14-23(27)28-6/h7-14,17H,15-16H2,1-6H3/b14-9+. The fourth-order valence-electron chi connectivity index (χ4n) is 3.98. The van der Waals surface area contributed by atoms with Crippen molar-refractivity contribution < 1.29 is 9.53 Å². The lowest BCUT2D eigenvalue weighted by Crippen LogP contribution is -2.34. The minimum absolute atomic E-state index is 0.199. The molecular weight excluding hydrogens is 346 g/mol. The van der Waals surface area contributed by atoms with Gasteiger partial charge in [-0.1, -0.05) is 45.9 Å². The third-order valence-electron chi connectivity index (χ3n) is 6.12. The second-order valence-electron chi connectivity index (χ2n) is 9.00. The van der Waals surface area contributed by atoms with Gasteiger partial charge in [-0.25, -0.2) is 4.79 Å². The molecule has 0 saturated heterocycles. The van der Waals surface area contributed by atoms with Crippen molar-refractivity contribution in [2.75, 3.05) is 19.1 Å². The van der Waals surface area contributed by atoms with E-state index in [2.05, 4.69) is 74.7 Å². The Labute approximate surface area is 169 Å². The van der Waals surface area contributed by atoms with E-state index in [-0.39, 0.29) is 16.8 Å². The first-order chi connectivity index (χ1) is 13.1. The zero-order valence-electron chi connectivity index (χ0n) is 17.9. The molecule has 0 atom stereocenters. The zero-order valence-corrected chi connectivity index (χ0v) is 17.9. The van der Waals surface area contributed by atoms with Gasteiger partial charge in [0.2, 0.25) is 0 Å². The molecular formula is C25H31NO2. The molecule has 0 aliphatic heterocycles. The number of hydrogen-bond donors (Lipinski definition) is 0. The molecule has 0 bridgehead atoms. The molecule has 0 heterocycles. The summed E-state index contributed by atoms with van der Waals surface area (Å²) in [6, 6.07) is 15.1. The van der Waals surface area contributed by atoms with E-state index in [0.29, 0.717) is 0 Å². The molecule has 28 heavy (non-hydrogen) atoms. The summed E-state index contributed by atoms with van der Waals surface area (Å²) in [5.41, 5.74) is 6.65. The highest BCUT2D eigenvalue weighted by atomic mass is 16.5. The molecule has 3 rings (SSSR count). The van der Waals surface area contributed by atoms with Gasteiger partial charge in [0, 0.05) is 24.5 Å². The van der Waals surface area contributed by atoms with E-state index in [1.807, 2.05) is 12.1 Å². The topological polar surface area (TPSA) is 29.5 Å². The molecule has 0 amide bonds. The highest BCUT2D eigenvalue weighted by Gasteiger charge is 2.37. The van der Waals surface area contributed by atoms with E-state index in [1.165, 1.54) is 42.8 Å². The highest BCUT2D eigenvalue weighted by Crippen LogP contribution is 2.47. The molecule has 1 aliphatic carbocycles. The first-order valence-electron chi connectivity index (χ1n) is 9.89. The van der Waals surface area contributed by atoms with E-state index in [9.17, 15) is 4.79 Å². The van der Waals surface area contributed by atoms with Crippen molar-refractivity contribution in [1.82, 2.24) is 0 Å². The first kappa shape index (κ1) is 20.2. The molecule has 2 aromatic carbocycles. The predicted octanol–water partition coefficient (Wildman–Crippen LogP) is 5.99. The molecule has 0 fully saturated rings. The van der Waals surface area contributed by atoms with Crippen molar-refractivity contribution in [2.45, 2.75) is 51.4 Å². The van der Waals surface area contributed by atoms with Crippen LogP contribution in [0, 0.1) is 0 Å².